The second kappa shape index (κ2) is 7.71. The normalized spacial score (nSPS) is 14.1. The van der Waals surface area contributed by atoms with Crippen molar-refractivity contribution in [3.8, 4) is 0 Å². The van der Waals surface area contributed by atoms with Gasteiger partial charge in [0, 0.05) is 38.9 Å². The number of guanidine groups is 1. The van der Waals surface area contributed by atoms with Gasteiger partial charge in [-0.05, 0) is 25.5 Å². The SMILES string of the molecule is CC(C)N(C)c1ccccc1CNC1=NCCN1C.I. The van der Waals surface area contributed by atoms with Crippen molar-refractivity contribution >= 4 is 35.6 Å². The molecule has 1 aliphatic rings. The number of anilines is 1. The first-order chi connectivity index (χ1) is 9.09. The lowest BCUT2D eigenvalue weighted by Crippen LogP contribution is -2.35. The zero-order valence-corrected chi connectivity index (χ0v) is 15.1. The Bertz CT molecular complexity index is 459. The van der Waals surface area contributed by atoms with Gasteiger partial charge in [0.15, 0.2) is 5.96 Å². The van der Waals surface area contributed by atoms with Crippen LogP contribution in [0.2, 0.25) is 0 Å². The second-order valence-electron chi connectivity index (χ2n) is 5.31. The highest BCUT2D eigenvalue weighted by atomic mass is 127. The van der Waals surface area contributed by atoms with Gasteiger partial charge in [-0.15, -0.1) is 24.0 Å². The van der Waals surface area contributed by atoms with E-state index >= 15 is 0 Å². The van der Waals surface area contributed by atoms with Crippen LogP contribution >= 0.6 is 24.0 Å². The van der Waals surface area contributed by atoms with Crippen LogP contribution in [0, 0.1) is 0 Å². The fourth-order valence-corrected chi connectivity index (χ4v) is 2.18. The Hall–Kier alpha value is -0.980. The number of nitrogens with one attached hydrogen (secondary N) is 1. The van der Waals surface area contributed by atoms with Gasteiger partial charge >= 0.3 is 0 Å². The third-order valence-corrected chi connectivity index (χ3v) is 3.64. The Labute approximate surface area is 139 Å². The molecule has 5 heteroatoms. The molecule has 0 amide bonds. The van der Waals surface area contributed by atoms with Gasteiger partial charge in [0.05, 0.1) is 6.54 Å². The van der Waals surface area contributed by atoms with Crippen molar-refractivity contribution in [1.29, 1.82) is 0 Å². The minimum atomic E-state index is 0. The van der Waals surface area contributed by atoms with Crippen molar-refractivity contribution < 1.29 is 0 Å². The summed E-state index contributed by atoms with van der Waals surface area (Å²) < 4.78 is 0. The van der Waals surface area contributed by atoms with E-state index in [0.717, 1.165) is 25.6 Å². The lowest BCUT2D eigenvalue weighted by molar-refractivity contribution is 0.534. The van der Waals surface area contributed by atoms with E-state index in [4.69, 9.17) is 0 Å². The minimum absolute atomic E-state index is 0. The standard InChI is InChI=1S/C15H24N4.HI/c1-12(2)19(4)14-8-6-5-7-13(14)11-17-15-16-9-10-18(15)3;/h5-8,12H,9-11H2,1-4H3,(H,16,17);1H. The summed E-state index contributed by atoms with van der Waals surface area (Å²) in [6.07, 6.45) is 0. The van der Waals surface area contributed by atoms with Gasteiger partial charge in [-0.25, -0.2) is 0 Å². The number of nitrogens with zero attached hydrogens (tertiary/aromatic N) is 3. The summed E-state index contributed by atoms with van der Waals surface area (Å²) in [5.74, 6) is 1.00. The molecule has 0 aliphatic carbocycles. The molecular formula is C15H25IN4. The van der Waals surface area contributed by atoms with Crippen LogP contribution in [0.15, 0.2) is 29.3 Å². The largest absolute Gasteiger partial charge is 0.372 e. The lowest BCUT2D eigenvalue weighted by Gasteiger charge is -2.27. The van der Waals surface area contributed by atoms with Gasteiger partial charge in [0.1, 0.15) is 0 Å². The highest BCUT2D eigenvalue weighted by molar-refractivity contribution is 14.0. The zero-order chi connectivity index (χ0) is 13.8. The smallest absolute Gasteiger partial charge is 0.194 e. The number of likely N-dealkylation sites (N-methyl/N-ethyl adjacent to an activating group) is 1. The summed E-state index contributed by atoms with van der Waals surface area (Å²) in [4.78, 5) is 8.92. The Kier molecular flexibility index (Phi) is 6.58. The quantitative estimate of drug-likeness (QED) is 0.805. The van der Waals surface area contributed by atoms with E-state index in [9.17, 15) is 0 Å². The van der Waals surface area contributed by atoms with Crippen LogP contribution in [-0.4, -0.2) is 44.1 Å². The van der Waals surface area contributed by atoms with Crippen LogP contribution in [0.5, 0.6) is 0 Å². The van der Waals surface area contributed by atoms with E-state index in [1.807, 2.05) is 0 Å². The molecule has 1 aromatic carbocycles. The predicted octanol–water partition coefficient (Wildman–Crippen LogP) is 2.54. The van der Waals surface area contributed by atoms with Gasteiger partial charge in [-0.2, -0.15) is 0 Å². The summed E-state index contributed by atoms with van der Waals surface area (Å²) in [7, 11) is 4.22. The summed E-state index contributed by atoms with van der Waals surface area (Å²) in [6.45, 7) is 7.14. The van der Waals surface area contributed by atoms with Crippen LogP contribution < -0.4 is 10.2 Å². The van der Waals surface area contributed by atoms with Gasteiger partial charge in [-0.3, -0.25) is 4.99 Å². The van der Waals surface area contributed by atoms with Gasteiger partial charge in [0.2, 0.25) is 0 Å². The van der Waals surface area contributed by atoms with E-state index < -0.39 is 0 Å². The number of aliphatic imine (C=N–C) groups is 1. The minimum Gasteiger partial charge on any atom is -0.372 e. The Morgan fingerprint density at radius 2 is 2.05 bits per heavy atom. The number of hydrogen-bond donors (Lipinski definition) is 1. The average molecular weight is 388 g/mol. The summed E-state index contributed by atoms with van der Waals surface area (Å²) in [6, 6.07) is 9.03. The first kappa shape index (κ1) is 17.1. The van der Waals surface area contributed by atoms with Crippen molar-refractivity contribution in [2.75, 3.05) is 32.1 Å². The third-order valence-electron chi connectivity index (χ3n) is 3.64. The Balaban J connectivity index is 0.00000200. The highest BCUT2D eigenvalue weighted by Crippen LogP contribution is 2.20. The van der Waals surface area contributed by atoms with Crippen molar-refractivity contribution in [3.63, 3.8) is 0 Å². The number of halogens is 1. The maximum Gasteiger partial charge on any atom is 0.194 e. The summed E-state index contributed by atoms with van der Waals surface area (Å²) in [5, 5.41) is 3.43. The molecule has 0 bridgehead atoms. The van der Waals surface area contributed by atoms with Gasteiger partial charge in [0.25, 0.3) is 0 Å². The van der Waals surface area contributed by atoms with Crippen LogP contribution in [0.4, 0.5) is 5.69 Å². The van der Waals surface area contributed by atoms with E-state index in [1.54, 1.807) is 0 Å². The Morgan fingerprint density at radius 1 is 1.35 bits per heavy atom. The molecule has 1 heterocycles. The topological polar surface area (TPSA) is 30.9 Å². The number of rotatable bonds is 4. The van der Waals surface area contributed by atoms with Gasteiger partial charge in [-0.1, -0.05) is 18.2 Å². The molecule has 2 rings (SSSR count). The van der Waals surface area contributed by atoms with Crippen LogP contribution in [0.3, 0.4) is 0 Å². The molecular weight excluding hydrogens is 363 g/mol. The molecule has 112 valence electrons. The first-order valence-corrected chi connectivity index (χ1v) is 6.90. The van der Waals surface area contributed by atoms with Crippen LogP contribution in [0.25, 0.3) is 0 Å². The molecule has 1 N–H and O–H groups in total. The van der Waals surface area contributed by atoms with E-state index in [0.29, 0.717) is 6.04 Å². The molecule has 0 saturated heterocycles. The predicted molar refractivity (Wildman–Crippen MR) is 97.2 cm³/mol. The van der Waals surface area contributed by atoms with Crippen LogP contribution in [-0.2, 0) is 6.54 Å². The molecule has 20 heavy (non-hydrogen) atoms. The second-order valence-corrected chi connectivity index (χ2v) is 5.31. The maximum atomic E-state index is 4.46. The lowest BCUT2D eigenvalue weighted by atomic mass is 10.1. The molecule has 0 unspecified atom stereocenters. The molecule has 0 saturated carbocycles. The van der Waals surface area contributed by atoms with Crippen molar-refractivity contribution in [2.45, 2.75) is 26.4 Å². The monoisotopic (exact) mass is 388 g/mol. The number of para-hydroxylation sites is 1. The maximum absolute atomic E-state index is 4.46. The highest BCUT2D eigenvalue weighted by Gasteiger charge is 2.13. The van der Waals surface area contributed by atoms with Crippen LogP contribution in [0.1, 0.15) is 19.4 Å². The molecule has 1 aromatic rings. The van der Waals surface area contributed by atoms with Crippen molar-refractivity contribution in [2.24, 2.45) is 4.99 Å². The van der Waals surface area contributed by atoms with Crippen molar-refractivity contribution in [1.82, 2.24) is 10.2 Å². The molecule has 0 fully saturated rings. The number of benzene rings is 1. The number of hydrogen-bond acceptors (Lipinski definition) is 4. The molecule has 0 radical (unpaired) electrons. The van der Waals surface area contributed by atoms with Crippen molar-refractivity contribution in [3.05, 3.63) is 29.8 Å². The summed E-state index contributed by atoms with van der Waals surface area (Å²) in [5.41, 5.74) is 2.59. The van der Waals surface area contributed by atoms with E-state index in [2.05, 4.69) is 72.3 Å². The first-order valence-electron chi connectivity index (χ1n) is 6.90. The zero-order valence-electron chi connectivity index (χ0n) is 12.8. The van der Waals surface area contributed by atoms with E-state index in [-0.39, 0.29) is 24.0 Å². The molecule has 1 aliphatic heterocycles. The molecule has 0 aromatic heterocycles. The summed E-state index contributed by atoms with van der Waals surface area (Å²) >= 11 is 0. The average Bonchev–Trinajstić information content (AvgIpc) is 2.81. The molecule has 0 spiro atoms. The molecule has 0 atom stereocenters. The Morgan fingerprint density at radius 3 is 2.65 bits per heavy atom. The van der Waals surface area contributed by atoms with E-state index in [1.165, 1.54) is 11.3 Å². The molecule has 4 nitrogen and oxygen atoms in total. The van der Waals surface area contributed by atoms with Gasteiger partial charge < -0.3 is 15.1 Å². The third kappa shape index (κ3) is 4.01. The fraction of sp³-hybridized carbons (Fsp3) is 0.533. The fourth-order valence-electron chi connectivity index (χ4n) is 2.18.